The Morgan fingerprint density at radius 2 is 1.83 bits per heavy atom. The molecule has 0 aliphatic rings. The second kappa shape index (κ2) is 7.28. The largest absolute Gasteiger partial charge is 0.416 e. The Bertz CT molecular complexity index is 684. The van der Waals surface area contributed by atoms with Crippen molar-refractivity contribution in [2.75, 3.05) is 11.9 Å². The zero-order valence-corrected chi connectivity index (χ0v) is 12.6. The topological polar surface area (TPSA) is 41.1 Å². The average Bonchev–Trinajstić information content (AvgIpc) is 2.48. The summed E-state index contributed by atoms with van der Waals surface area (Å²) in [4.78, 5) is 11.8. The Morgan fingerprint density at radius 3 is 2.52 bits per heavy atom. The summed E-state index contributed by atoms with van der Waals surface area (Å²) in [5, 5.41) is 5.43. The molecule has 1 amide bonds. The van der Waals surface area contributed by atoms with E-state index < -0.39 is 17.6 Å². The molecule has 0 aliphatic carbocycles. The predicted octanol–water partition coefficient (Wildman–Crippen LogP) is 3.74. The molecule has 0 bridgehead atoms. The summed E-state index contributed by atoms with van der Waals surface area (Å²) in [6, 6.07) is 12.3. The number of carbonyl (C=O) groups excluding carboxylic acids is 1. The molecule has 0 spiro atoms. The number of nitrogens with one attached hydrogen (secondary N) is 2. The number of carbonyl (C=O) groups is 1. The van der Waals surface area contributed by atoms with Crippen molar-refractivity contribution in [2.24, 2.45) is 0 Å². The van der Waals surface area contributed by atoms with Gasteiger partial charge in [-0.1, -0.05) is 30.3 Å². The maximum absolute atomic E-state index is 12.6. The first-order chi connectivity index (χ1) is 10.9. The number of aryl methyl sites for hydroxylation is 1. The third-order valence-corrected chi connectivity index (χ3v) is 3.34. The molecule has 2 rings (SSSR count). The molecule has 6 heteroatoms. The van der Waals surface area contributed by atoms with Gasteiger partial charge < -0.3 is 10.6 Å². The van der Waals surface area contributed by atoms with Crippen molar-refractivity contribution in [3.63, 3.8) is 0 Å². The number of anilines is 1. The van der Waals surface area contributed by atoms with E-state index in [-0.39, 0.29) is 12.2 Å². The second-order valence-corrected chi connectivity index (χ2v) is 5.16. The molecular formula is C17H17F3N2O. The van der Waals surface area contributed by atoms with Crippen LogP contribution in [0.1, 0.15) is 16.7 Å². The molecular weight excluding hydrogens is 305 g/mol. The van der Waals surface area contributed by atoms with Crippen molar-refractivity contribution >= 4 is 11.6 Å². The van der Waals surface area contributed by atoms with Crippen molar-refractivity contribution in [1.82, 2.24) is 5.32 Å². The minimum Gasteiger partial charge on any atom is -0.325 e. The second-order valence-electron chi connectivity index (χ2n) is 5.16. The van der Waals surface area contributed by atoms with E-state index >= 15 is 0 Å². The Hall–Kier alpha value is -2.34. The number of halogens is 3. The molecule has 0 atom stereocenters. The predicted molar refractivity (Wildman–Crippen MR) is 83.0 cm³/mol. The van der Waals surface area contributed by atoms with E-state index in [2.05, 4.69) is 10.6 Å². The van der Waals surface area contributed by atoms with E-state index in [1.54, 1.807) is 0 Å². The maximum atomic E-state index is 12.6. The van der Waals surface area contributed by atoms with Crippen LogP contribution in [0.3, 0.4) is 0 Å². The van der Waals surface area contributed by atoms with Crippen LogP contribution in [-0.2, 0) is 17.5 Å². The lowest BCUT2D eigenvalue weighted by Gasteiger charge is -2.11. The minimum absolute atomic E-state index is 0.0184. The summed E-state index contributed by atoms with van der Waals surface area (Å²) in [6.07, 6.45) is -4.43. The third-order valence-electron chi connectivity index (χ3n) is 3.34. The van der Waals surface area contributed by atoms with Gasteiger partial charge in [0.25, 0.3) is 0 Å². The molecule has 23 heavy (non-hydrogen) atoms. The van der Waals surface area contributed by atoms with Crippen LogP contribution in [0.25, 0.3) is 0 Å². The quantitative estimate of drug-likeness (QED) is 0.880. The van der Waals surface area contributed by atoms with E-state index in [9.17, 15) is 18.0 Å². The Labute approximate surface area is 132 Å². The van der Waals surface area contributed by atoms with Gasteiger partial charge in [0.05, 0.1) is 12.1 Å². The number of rotatable bonds is 5. The Kier molecular flexibility index (Phi) is 5.39. The number of hydrogen-bond donors (Lipinski definition) is 2. The fourth-order valence-electron chi connectivity index (χ4n) is 2.10. The molecule has 0 fully saturated rings. The van der Waals surface area contributed by atoms with E-state index in [4.69, 9.17) is 0 Å². The summed E-state index contributed by atoms with van der Waals surface area (Å²) in [6.45, 7) is 2.51. The van der Waals surface area contributed by atoms with Gasteiger partial charge in [-0.25, -0.2) is 0 Å². The molecule has 3 nitrogen and oxygen atoms in total. The monoisotopic (exact) mass is 322 g/mol. The lowest BCUT2D eigenvalue weighted by molar-refractivity contribution is -0.137. The summed E-state index contributed by atoms with van der Waals surface area (Å²) < 4.78 is 37.8. The number of hydrogen-bond acceptors (Lipinski definition) is 2. The molecule has 0 aromatic heterocycles. The zero-order valence-electron chi connectivity index (χ0n) is 12.6. The summed E-state index contributed by atoms with van der Waals surface area (Å²) in [5.74, 6) is -0.391. The highest BCUT2D eigenvalue weighted by Gasteiger charge is 2.30. The van der Waals surface area contributed by atoms with Crippen molar-refractivity contribution in [3.05, 3.63) is 65.2 Å². The van der Waals surface area contributed by atoms with Gasteiger partial charge in [-0.2, -0.15) is 13.2 Å². The fraction of sp³-hybridized carbons (Fsp3) is 0.235. The van der Waals surface area contributed by atoms with E-state index in [1.165, 1.54) is 12.1 Å². The first-order valence-electron chi connectivity index (χ1n) is 7.08. The zero-order chi connectivity index (χ0) is 16.9. The highest BCUT2D eigenvalue weighted by Crippen LogP contribution is 2.30. The standard InChI is InChI=1S/C17H17F3N2O/c1-12-5-2-3-6-13(12)10-21-11-16(23)22-15-8-4-7-14(9-15)17(18,19)20/h2-9,21H,10-11H2,1H3,(H,22,23). The number of alkyl halides is 3. The summed E-state index contributed by atoms with van der Waals surface area (Å²) >= 11 is 0. The molecule has 122 valence electrons. The Morgan fingerprint density at radius 1 is 1.09 bits per heavy atom. The van der Waals surface area contributed by atoms with Gasteiger partial charge in [-0.3, -0.25) is 4.79 Å². The Balaban J connectivity index is 1.87. The molecule has 2 N–H and O–H groups in total. The van der Waals surface area contributed by atoms with Crippen molar-refractivity contribution in [1.29, 1.82) is 0 Å². The van der Waals surface area contributed by atoms with Crippen molar-refractivity contribution < 1.29 is 18.0 Å². The summed E-state index contributed by atoms with van der Waals surface area (Å²) in [5.41, 5.74) is 1.52. The highest BCUT2D eigenvalue weighted by molar-refractivity contribution is 5.92. The van der Waals surface area contributed by atoms with Crippen LogP contribution in [0.15, 0.2) is 48.5 Å². The molecule has 0 saturated heterocycles. The fourth-order valence-corrected chi connectivity index (χ4v) is 2.10. The molecule has 0 radical (unpaired) electrons. The van der Waals surface area contributed by atoms with Crippen LogP contribution in [-0.4, -0.2) is 12.5 Å². The smallest absolute Gasteiger partial charge is 0.325 e. The molecule has 0 saturated carbocycles. The van der Waals surface area contributed by atoms with Crippen LogP contribution in [0.5, 0.6) is 0 Å². The molecule has 2 aromatic rings. The normalized spacial score (nSPS) is 11.3. The maximum Gasteiger partial charge on any atom is 0.416 e. The van der Waals surface area contributed by atoms with Crippen molar-refractivity contribution in [2.45, 2.75) is 19.6 Å². The van der Waals surface area contributed by atoms with Gasteiger partial charge in [0.1, 0.15) is 0 Å². The lowest BCUT2D eigenvalue weighted by atomic mass is 10.1. The first-order valence-corrected chi connectivity index (χ1v) is 7.08. The number of benzene rings is 2. The van der Waals surface area contributed by atoms with E-state index in [0.717, 1.165) is 23.3 Å². The van der Waals surface area contributed by atoms with Gasteiger partial charge in [-0.05, 0) is 36.2 Å². The number of amides is 1. The third kappa shape index (κ3) is 5.10. The van der Waals surface area contributed by atoms with Gasteiger partial charge in [0.2, 0.25) is 5.91 Å². The highest BCUT2D eigenvalue weighted by atomic mass is 19.4. The molecule has 0 aliphatic heterocycles. The SMILES string of the molecule is Cc1ccccc1CNCC(=O)Nc1cccc(C(F)(F)F)c1. The van der Waals surface area contributed by atoms with Crippen LogP contribution in [0.4, 0.5) is 18.9 Å². The average molecular weight is 322 g/mol. The van der Waals surface area contributed by atoms with Gasteiger partial charge in [0.15, 0.2) is 0 Å². The van der Waals surface area contributed by atoms with Gasteiger partial charge >= 0.3 is 6.18 Å². The summed E-state index contributed by atoms with van der Waals surface area (Å²) in [7, 11) is 0. The minimum atomic E-state index is -4.43. The van der Waals surface area contributed by atoms with Crippen LogP contribution >= 0.6 is 0 Å². The van der Waals surface area contributed by atoms with Gasteiger partial charge in [-0.15, -0.1) is 0 Å². The molecule has 0 heterocycles. The first kappa shape index (κ1) is 17.0. The van der Waals surface area contributed by atoms with Crippen molar-refractivity contribution in [3.8, 4) is 0 Å². The van der Waals surface area contributed by atoms with Gasteiger partial charge in [0, 0.05) is 12.2 Å². The molecule has 0 unspecified atom stereocenters. The van der Waals surface area contributed by atoms with Crippen LogP contribution in [0, 0.1) is 6.92 Å². The van der Waals surface area contributed by atoms with Crippen LogP contribution in [0.2, 0.25) is 0 Å². The van der Waals surface area contributed by atoms with E-state index in [0.29, 0.717) is 6.54 Å². The van der Waals surface area contributed by atoms with E-state index in [1.807, 2.05) is 31.2 Å². The lowest BCUT2D eigenvalue weighted by Crippen LogP contribution is -2.28. The molecule has 2 aromatic carbocycles. The van der Waals surface area contributed by atoms with Crippen LogP contribution < -0.4 is 10.6 Å².